The van der Waals surface area contributed by atoms with Gasteiger partial charge in [0.2, 0.25) is 0 Å². The van der Waals surface area contributed by atoms with Gasteiger partial charge in [0.1, 0.15) is 6.20 Å². The molecule has 0 bridgehead atoms. The molecule has 1 heterocycles. The first-order valence-corrected chi connectivity index (χ1v) is 5.42. The zero-order chi connectivity index (χ0) is 11.4. The van der Waals surface area contributed by atoms with Crippen molar-refractivity contribution >= 4 is 11.5 Å². The lowest BCUT2D eigenvalue weighted by Crippen LogP contribution is -2.19. The lowest BCUT2D eigenvalue weighted by atomic mass is 10.4. The predicted octanol–water partition coefficient (Wildman–Crippen LogP) is 0.872. The third-order valence-electron chi connectivity index (χ3n) is 2.48. The molecule has 0 amide bonds. The van der Waals surface area contributed by atoms with E-state index in [-0.39, 0.29) is 5.82 Å². The van der Waals surface area contributed by atoms with E-state index in [1.807, 2.05) is 0 Å². The molecule has 0 aromatic carbocycles. The molecule has 2 rings (SSSR count). The lowest BCUT2D eigenvalue weighted by molar-refractivity contribution is -0.388. The largest absolute Gasteiger partial charge is 0.377 e. The smallest absolute Gasteiger partial charge is 0.366 e. The van der Waals surface area contributed by atoms with Gasteiger partial charge in [0.15, 0.2) is 5.69 Å². The Morgan fingerprint density at radius 3 is 3.06 bits per heavy atom. The van der Waals surface area contributed by atoms with Crippen LogP contribution in [0.1, 0.15) is 19.3 Å². The molecule has 7 heteroatoms. The molecular formula is C9H15N5O2. The van der Waals surface area contributed by atoms with E-state index in [4.69, 9.17) is 0 Å². The molecule has 1 aliphatic rings. The Bertz CT molecular complexity index is 361. The summed E-state index contributed by atoms with van der Waals surface area (Å²) in [6.07, 6.45) is 4.94. The van der Waals surface area contributed by atoms with Crippen LogP contribution in [0.3, 0.4) is 0 Å². The zero-order valence-corrected chi connectivity index (χ0v) is 8.90. The molecule has 16 heavy (non-hydrogen) atoms. The van der Waals surface area contributed by atoms with Gasteiger partial charge < -0.3 is 20.7 Å². The van der Waals surface area contributed by atoms with Gasteiger partial charge in [-0.2, -0.15) is 0 Å². The van der Waals surface area contributed by atoms with E-state index in [0.717, 1.165) is 13.0 Å². The van der Waals surface area contributed by atoms with Gasteiger partial charge in [0, 0.05) is 12.6 Å². The second-order valence-corrected chi connectivity index (χ2v) is 3.90. The van der Waals surface area contributed by atoms with Crippen molar-refractivity contribution in [1.82, 2.24) is 15.5 Å². The number of aromatic amines is 1. The van der Waals surface area contributed by atoms with Gasteiger partial charge in [-0.25, -0.2) is 0 Å². The first kappa shape index (κ1) is 10.9. The van der Waals surface area contributed by atoms with Gasteiger partial charge >= 0.3 is 5.82 Å². The highest BCUT2D eigenvalue weighted by atomic mass is 16.6. The molecule has 3 N–H and O–H groups in total. The molecular weight excluding hydrogens is 210 g/mol. The van der Waals surface area contributed by atoms with Gasteiger partial charge in [-0.1, -0.05) is 5.10 Å². The Morgan fingerprint density at radius 1 is 1.56 bits per heavy atom. The molecule has 0 saturated heterocycles. The summed E-state index contributed by atoms with van der Waals surface area (Å²) in [4.78, 5) is 10.1. The van der Waals surface area contributed by atoms with Crippen LogP contribution >= 0.6 is 0 Å². The first-order chi connectivity index (χ1) is 7.77. The highest BCUT2D eigenvalue weighted by Crippen LogP contribution is 2.20. The summed E-state index contributed by atoms with van der Waals surface area (Å²) in [5.74, 6) is -0.0739. The normalized spacial score (nSPS) is 15.0. The van der Waals surface area contributed by atoms with E-state index in [0.29, 0.717) is 18.3 Å². The van der Waals surface area contributed by atoms with Gasteiger partial charge in [0.05, 0.1) is 0 Å². The van der Waals surface area contributed by atoms with Crippen LogP contribution in [0.15, 0.2) is 6.20 Å². The summed E-state index contributed by atoms with van der Waals surface area (Å²) < 4.78 is 0. The van der Waals surface area contributed by atoms with E-state index in [1.54, 1.807) is 0 Å². The molecule has 88 valence electrons. The Kier molecular flexibility index (Phi) is 3.35. The number of hydrogen-bond acceptors (Lipinski definition) is 5. The molecule has 1 fully saturated rings. The monoisotopic (exact) mass is 225 g/mol. The van der Waals surface area contributed by atoms with Crippen molar-refractivity contribution in [2.45, 2.75) is 25.3 Å². The van der Waals surface area contributed by atoms with Gasteiger partial charge in [-0.15, -0.1) is 5.10 Å². The Hall–Kier alpha value is -1.63. The topological polar surface area (TPSA) is 95.9 Å². The van der Waals surface area contributed by atoms with Crippen molar-refractivity contribution in [3.05, 3.63) is 16.3 Å². The standard InChI is InChI=1S/C9H15N5O2/c15-14(16)9-8(6-12-13-9)11-5-1-4-10-7-2-3-7/h6-7,10-11H,1-5H2,(H,12,13). The van der Waals surface area contributed by atoms with E-state index >= 15 is 0 Å². The highest BCUT2D eigenvalue weighted by molar-refractivity contribution is 5.55. The third kappa shape index (κ3) is 2.93. The van der Waals surface area contributed by atoms with Gasteiger partial charge in [-0.05, 0) is 30.7 Å². The molecule has 1 aliphatic carbocycles. The summed E-state index contributed by atoms with van der Waals surface area (Å²) >= 11 is 0. The number of hydrogen-bond donors (Lipinski definition) is 3. The average Bonchev–Trinajstić information content (AvgIpc) is 2.94. The Balaban J connectivity index is 1.67. The van der Waals surface area contributed by atoms with Crippen LogP contribution in [0, 0.1) is 10.1 Å². The molecule has 0 radical (unpaired) electrons. The van der Waals surface area contributed by atoms with E-state index in [1.165, 1.54) is 19.0 Å². The SMILES string of the molecule is O=[N+]([O-])c1[nH]ncc1NCCCNC1CC1. The maximum atomic E-state index is 10.6. The average molecular weight is 225 g/mol. The number of nitrogens with one attached hydrogen (secondary N) is 3. The Morgan fingerprint density at radius 2 is 2.38 bits per heavy atom. The third-order valence-corrected chi connectivity index (χ3v) is 2.48. The molecule has 1 saturated carbocycles. The molecule has 0 atom stereocenters. The number of anilines is 1. The minimum atomic E-state index is -0.474. The summed E-state index contributed by atoms with van der Waals surface area (Å²) in [6, 6.07) is 0.711. The summed E-state index contributed by atoms with van der Waals surface area (Å²) in [7, 11) is 0. The van der Waals surface area contributed by atoms with E-state index in [2.05, 4.69) is 20.8 Å². The summed E-state index contributed by atoms with van der Waals surface area (Å²) in [5.41, 5.74) is 0.455. The van der Waals surface area contributed by atoms with Crippen molar-refractivity contribution in [3.63, 3.8) is 0 Å². The maximum Gasteiger partial charge on any atom is 0.366 e. The highest BCUT2D eigenvalue weighted by Gasteiger charge is 2.19. The minimum absolute atomic E-state index is 0.0739. The lowest BCUT2D eigenvalue weighted by Gasteiger charge is -2.04. The van der Waals surface area contributed by atoms with Crippen LogP contribution in [0.5, 0.6) is 0 Å². The van der Waals surface area contributed by atoms with Crippen molar-refractivity contribution in [1.29, 1.82) is 0 Å². The summed E-state index contributed by atoms with van der Waals surface area (Å²) in [6.45, 7) is 1.66. The van der Waals surface area contributed by atoms with Crippen LogP contribution in [0.25, 0.3) is 0 Å². The second-order valence-electron chi connectivity index (χ2n) is 3.90. The number of nitrogens with zero attached hydrogens (tertiary/aromatic N) is 2. The van der Waals surface area contributed by atoms with Gasteiger partial charge in [0.25, 0.3) is 0 Å². The second kappa shape index (κ2) is 4.93. The molecule has 7 nitrogen and oxygen atoms in total. The van der Waals surface area contributed by atoms with Crippen LogP contribution in [0.4, 0.5) is 11.5 Å². The van der Waals surface area contributed by atoms with Gasteiger partial charge in [-0.3, -0.25) is 0 Å². The molecule has 1 aromatic rings. The summed E-state index contributed by atoms with van der Waals surface area (Å²) in [5, 5.41) is 22.9. The minimum Gasteiger partial charge on any atom is -0.377 e. The quantitative estimate of drug-likeness (QED) is 0.363. The van der Waals surface area contributed by atoms with E-state index in [9.17, 15) is 10.1 Å². The fourth-order valence-electron chi connectivity index (χ4n) is 1.45. The molecule has 0 spiro atoms. The fourth-order valence-corrected chi connectivity index (χ4v) is 1.45. The molecule has 0 unspecified atom stereocenters. The zero-order valence-electron chi connectivity index (χ0n) is 8.90. The number of nitro groups is 1. The van der Waals surface area contributed by atoms with Crippen LogP contribution in [-0.2, 0) is 0 Å². The van der Waals surface area contributed by atoms with Crippen LogP contribution in [-0.4, -0.2) is 34.3 Å². The number of rotatable bonds is 7. The number of aromatic nitrogens is 2. The maximum absolute atomic E-state index is 10.6. The van der Waals surface area contributed by atoms with Crippen molar-refractivity contribution in [3.8, 4) is 0 Å². The van der Waals surface area contributed by atoms with E-state index < -0.39 is 4.92 Å². The Labute approximate surface area is 92.8 Å². The van der Waals surface area contributed by atoms with Crippen LogP contribution in [0.2, 0.25) is 0 Å². The number of H-pyrrole nitrogens is 1. The van der Waals surface area contributed by atoms with Crippen LogP contribution < -0.4 is 10.6 Å². The fraction of sp³-hybridized carbons (Fsp3) is 0.667. The van der Waals surface area contributed by atoms with Crippen molar-refractivity contribution in [2.24, 2.45) is 0 Å². The molecule has 0 aliphatic heterocycles. The first-order valence-electron chi connectivity index (χ1n) is 5.42. The predicted molar refractivity (Wildman–Crippen MR) is 59.4 cm³/mol. The van der Waals surface area contributed by atoms with Crippen molar-refractivity contribution < 1.29 is 4.92 Å². The molecule has 1 aromatic heterocycles. The van der Waals surface area contributed by atoms with Crippen molar-refractivity contribution in [2.75, 3.05) is 18.4 Å².